The summed E-state index contributed by atoms with van der Waals surface area (Å²) in [5.41, 5.74) is 3.20. The second-order valence-corrected chi connectivity index (χ2v) is 8.68. The van der Waals surface area contributed by atoms with Gasteiger partial charge in [0.2, 0.25) is 0 Å². The Balaban J connectivity index is 1.55. The Morgan fingerprint density at radius 3 is 2.55 bits per heavy atom. The molecule has 1 fully saturated rings. The summed E-state index contributed by atoms with van der Waals surface area (Å²) >= 11 is 12.1. The van der Waals surface area contributed by atoms with E-state index in [0.29, 0.717) is 29.4 Å². The number of urea groups is 1. The van der Waals surface area contributed by atoms with Gasteiger partial charge in [-0.05, 0) is 50.1 Å². The molecule has 0 aromatic heterocycles. The lowest BCUT2D eigenvalue weighted by molar-refractivity contribution is -0.139. The molecule has 31 heavy (non-hydrogen) atoms. The summed E-state index contributed by atoms with van der Waals surface area (Å²) in [6, 6.07) is 14.2. The minimum atomic E-state index is -1.08. The van der Waals surface area contributed by atoms with Crippen LogP contribution >= 0.6 is 23.2 Å². The van der Waals surface area contributed by atoms with Gasteiger partial charge in [-0.3, -0.25) is 19.9 Å². The van der Waals surface area contributed by atoms with Gasteiger partial charge >= 0.3 is 6.03 Å². The molecule has 2 aromatic rings. The zero-order valence-electron chi connectivity index (χ0n) is 17.3. The number of nitrogens with zero attached hydrogens (tertiary/aromatic N) is 2. The fraction of sp³-hybridized carbons (Fsp3) is 0.318. The normalized spacial score (nSPS) is 18.4. The number of benzene rings is 2. The van der Waals surface area contributed by atoms with Crippen molar-refractivity contribution >= 4 is 41.0 Å². The lowest BCUT2D eigenvalue weighted by Gasteiger charge is -2.22. The second-order valence-electron chi connectivity index (χ2n) is 7.83. The zero-order chi connectivity index (χ0) is 22.6. The van der Waals surface area contributed by atoms with Gasteiger partial charge < -0.3 is 5.32 Å². The van der Waals surface area contributed by atoms with Crippen LogP contribution in [-0.2, 0) is 22.6 Å². The molecule has 1 atom stereocenters. The van der Waals surface area contributed by atoms with Crippen LogP contribution in [0.15, 0.2) is 48.5 Å². The van der Waals surface area contributed by atoms with E-state index in [1.807, 2.05) is 30.3 Å². The van der Waals surface area contributed by atoms with Crippen molar-refractivity contribution in [1.29, 1.82) is 0 Å². The quantitative estimate of drug-likeness (QED) is 0.588. The van der Waals surface area contributed by atoms with E-state index < -0.39 is 23.4 Å². The number of hydrazine groups is 1. The molecular formula is C22H24Cl2N4O3. The minimum absolute atomic E-state index is 0.0310. The van der Waals surface area contributed by atoms with E-state index >= 15 is 0 Å². The van der Waals surface area contributed by atoms with Crippen LogP contribution in [0.4, 0.5) is 4.79 Å². The topological polar surface area (TPSA) is 81.8 Å². The molecule has 0 bridgehead atoms. The molecule has 1 unspecified atom stereocenters. The number of hydrogen-bond donors (Lipinski definition) is 2. The SMILES string of the molecule is CN(CC(=O)NN1C(=O)NC(C)(CCc2ccccc2)C1=O)Cc1ccc(Cl)cc1Cl. The van der Waals surface area contributed by atoms with Crippen molar-refractivity contribution in [2.24, 2.45) is 0 Å². The second kappa shape index (κ2) is 9.68. The summed E-state index contributed by atoms with van der Waals surface area (Å²) in [5.74, 6) is -0.964. The van der Waals surface area contributed by atoms with Crippen LogP contribution in [0.1, 0.15) is 24.5 Å². The number of aryl methyl sites for hydroxylation is 1. The highest BCUT2D eigenvalue weighted by atomic mass is 35.5. The molecule has 0 spiro atoms. The lowest BCUT2D eigenvalue weighted by atomic mass is 9.93. The van der Waals surface area contributed by atoms with Gasteiger partial charge in [0.1, 0.15) is 5.54 Å². The highest BCUT2D eigenvalue weighted by Gasteiger charge is 2.48. The number of nitrogens with one attached hydrogen (secondary N) is 2. The zero-order valence-corrected chi connectivity index (χ0v) is 18.8. The van der Waals surface area contributed by atoms with Crippen molar-refractivity contribution in [3.63, 3.8) is 0 Å². The summed E-state index contributed by atoms with van der Waals surface area (Å²) in [6.45, 7) is 2.03. The van der Waals surface area contributed by atoms with Crippen LogP contribution in [0.3, 0.4) is 0 Å². The smallest absolute Gasteiger partial charge is 0.322 e. The molecule has 3 rings (SSSR count). The van der Waals surface area contributed by atoms with E-state index in [4.69, 9.17) is 23.2 Å². The number of halogens is 2. The van der Waals surface area contributed by atoms with E-state index in [1.54, 1.807) is 37.1 Å². The maximum absolute atomic E-state index is 12.8. The Kier molecular flexibility index (Phi) is 7.20. The predicted molar refractivity (Wildman–Crippen MR) is 119 cm³/mol. The number of hydrogen-bond acceptors (Lipinski definition) is 4. The van der Waals surface area contributed by atoms with Crippen LogP contribution in [0.5, 0.6) is 0 Å². The summed E-state index contributed by atoms with van der Waals surface area (Å²) in [7, 11) is 1.74. The van der Waals surface area contributed by atoms with Gasteiger partial charge in [-0.15, -0.1) is 0 Å². The number of carbonyl (C=O) groups excluding carboxylic acids is 3. The standard InChI is InChI=1S/C22H24Cl2N4O3/c1-22(11-10-15-6-4-3-5-7-15)20(30)28(21(31)25-22)26-19(29)14-27(2)13-16-8-9-17(23)12-18(16)24/h3-9,12H,10-11,13-14H2,1-2H3,(H,25,31)(H,26,29). The Morgan fingerprint density at radius 2 is 1.87 bits per heavy atom. The first-order valence-electron chi connectivity index (χ1n) is 9.80. The van der Waals surface area contributed by atoms with Crippen LogP contribution in [0.25, 0.3) is 0 Å². The Hall–Kier alpha value is -2.61. The Labute approximate surface area is 191 Å². The maximum Gasteiger partial charge on any atom is 0.344 e. The highest BCUT2D eigenvalue weighted by molar-refractivity contribution is 6.35. The number of amides is 4. The first kappa shape index (κ1) is 23.1. The van der Waals surface area contributed by atoms with Gasteiger partial charge in [-0.1, -0.05) is 59.6 Å². The van der Waals surface area contributed by atoms with Gasteiger partial charge in [0.25, 0.3) is 11.8 Å². The lowest BCUT2D eigenvalue weighted by Crippen LogP contribution is -2.51. The van der Waals surface area contributed by atoms with E-state index in [1.165, 1.54) is 0 Å². The molecular weight excluding hydrogens is 439 g/mol. The largest absolute Gasteiger partial charge is 0.344 e. The van der Waals surface area contributed by atoms with Crippen molar-refractivity contribution in [2.75, 3.05) is 13.6 Å². The van der Waals surface area contributed by atoms with Crippen molar-refractivity contribution in [2.45, 2.75) is 31.8 Å². The highest BCUT2D eigenvalue weighted by Crippen LogP contribution is 2.23. The van der Waals surface area contributed by atoms with Crippen molar-refractivity contribution in [3.05, 3.63) is 69.7 Å². The van der Waals surface area contributed by atoms with Gasteiger partial charge in [0.15, 0.2) is 0 Å². The molecule has 1 aliphatic heterocycles. The number of rotatable bonds is 8. The molecule has 9 heteroatoms. The molecule has 1 aliphatic rings. The third kappa shape index (κ3) is 5.76. The van der Waals surface area contributed by atoms with E-state index in [2.05, 4.69) is 10.7 Å². The Morgan fingerprint density at radius 1 is 1.16 bits per heavy atom. The molecule has 164 valence electrons. The van der Waals surface area contributed by atoms with Crippen LogP contribution < -0.4 is 10.7 Å². The number of likely N-dealkylation sites (N-methyl/N-ethyl adjacent to an activating group) is 1. The summed E-state index contributed by atoms with van der Waals surface area (Å²) < 4.78 is 0. The predicted octanol–water partition coefficient (Wildman–Crippen LogP) is 3.40. The van der Waals surface area contributed by atoms with Gasteiger partial charge in [0.05, 0.1) is 6.54 Å². The molecule has 7 nitrogen and oxygen atoms in total. The first-order chi connectivity index (χ1) is 14.7. The van der Waals surface area contributed by atoms with Crippen LogP contribution in [0.2, 0.25) is 10.0 Å². The fourth-order valence-corrected chi connectivity index (χ4v) is 3.86. The van der Waals surface area contributed by atoms with Crippen molar-refractivity contribution in [3.8, 4) is 0 Å². The van der Waals surface area contributed by atoms with Gasteiger partial charge in [-0.2, -0.15) is 5.01 Å². The van der Waals surface area contributed by atoms with Gasteiger partial charge in [0, 0.05) is 16.6 Å². The Bertz CT molecular complexity index is 986. The molecule has 2 aromatic carbocycles. The first-order valence-corrected chi connectivity index (χ1v) is 10.6. The van der Waals surface area contributed by atoms with Crippen LogP contribution in [-0.4, -0.2) is 46.9 Å². The monoisotopic (exact) mass is 462 g/mol. The van der Waals surface area contributed by atoms with E-state index in [-0.39, 0.29) is 6.54 Å². The fourth-order valence-electron chi connectivity index (χ4n) is 3.40. The molecule has 1 saturated heterocycles. The number of imide groups is 1. The molecule has 0 aliphatic carbocycles. The third-order valence-corrected chi connectivity index (χ3v) is 5.71. The molecule has 4 amide bonds. The summed E-state index contributed by atoms with van der Waals surface area (Å²) in [4.78, 5) is 39.3. The summed E-state index contributed by atoms with van der Waals surface area (Å²) in [6.07, 6.45) is 1.04. The van der Waals surface area contributed by atoms with Crippen molar-refractivity contribution < 1.29 is 14.4 Å². The van der Waals surface area contributed by atoms with Crippen LogP contribution in [0, 0.1) is 0 Å². The number of carbonyl (C=O) groups is 3. The average molecular weight is 463 g/mol. The van der Waals surface area contributed by atoms with Crippen molar-refractivity contribution in [1.82, 2.24) is 20.7 Å². The van der Waals surface area contributed by atoms with E-state index in [0.717, 1.165) is 16.1 Å². The summed E-state index contributed by atoms with van der Waals surface area (Å²) in [5, 5.41) is 4.48. The third-order valence-electron chi connectivity index (χ3n) is 5.12. The molecule has 0 radical (unpaired) electrons. The average Bonchev–Trinajstić information content (AvgIpc) is 2.93. The molecule has 0 saturated carbocycles. The molecule has 2 N–H and O–H groups in total. The van der Waals surface area contributed by atoms with Gasteiger partial charge in [-0.25, -0.2) is 4.79 Å². The molecule has 1 heterocycles. The van der Waals surface area contributed by atoms with E-state index in [9.17, 15) is 14.4 Å². The maximum atomic E-state index is 12.8. The minimum Gasteiger partial charge on any atom is -0.322 e.